The maximum absolute atomic E-state index is 12.6. The first kappa shape index (κ1) is 15.2. The van der Waals surface area contributed by atoms with Crippen LogP contribution in [0.3, 0.4) is 0 Å². The molecular weight excluding hydrogens is 283 g/mol. The number of rotatable bonds is 3. The number of nitrogens with zero attached hydrogens (tertiary/aromatic N) is 1. The molecular formula is C14H16F3N3O. The Labute approximate surface area is 119 Å². The number of anilines is 1. The number of halogens is 3. The molecule has 2 rings (SSSR count). The van der Waals surface area contributed by atoms with Gasteiger partial charge in [0, 0.05) is 28.8 Å². The van der Waals surface area contributed by atoms with Gasteiger partial charge in [0.1, 0.15) is 6.54 Å². The molecule has 0 aliphatic rings. The second kappa shape index (κ2) is 5.31. The van der Waals surface area contributed by atoms with Crippen LogP contribution in [0.25, 0.3) is 10.9 Å². The van der Waals surface area contributed by atoms with E-state index < -0.39 is 24.7 Å². The predicted molar refractivity (Wildman–Crippen MR) is 74.9 cm³/mol. The normalized spacial score (nSPS) is 12.1. The van der Waals surface area contributed by atoms with Crippen molar-refractivity contribution in [1.82, 2.24) is 9.88 Å². The van der Waals surface area contributed by atoms with Crippen LogP contribution in [0.1, 0.15) is 24.2 Å². The highest BCUT2D eigenvalue weighted by molar-refractivity contribution is 6.07. The minimum absolute atomic E-state index is 0.211. The quantitative estimate of drug-likeness (QED) is 0.855. The van der Waals surface area contributed by atoms with E-state index >= 15 is 0 Å². The number of fused-ring (bicyclic) bond motifs is 1. The molecule has 0 saturated heterocycles. The molecule has 1 amide bonds. The Morgan fingerprint density at radius 3 is 2.62 bits per heavy atom. The molecule has 0 radical (unpaired) electrons. The SMILES string of the molecule is CC(C)N(CC(F)(F)F)C(=O)c1c[nH]c2cc(N)ccc12. The van der Waals surface area contributed by atoms with Crippen molar-refractivity contribution < 1.29 is 18.0 Å². The minimum atomic E-state index is -4.43. The number of aromatic nitrogens is 1. The number of nitrogens with two attached hydrogens (primary N) is 1. The van der Waals surface area contributed by atoms with Crippen molar-refractivity contribution >= 4 is 22.5 Å². The Bertz CT molecular complexity index is 661. The summed E-state index contributed by atoms with van der Waals surface area (Å²) in [5.41, 5.74) is 6.98. The molecule has 0 aliphatic heterocycles. The fraction of sp³-hybridized carbons (Fsp3) is 0.357. The third-order valence-electron chi connectivity index (χ3n) is 3.17. The van der Waals surface area contributed by atoms with Crippen molar-refractivity contribution in [1.29, 1.82) is 0 Å². The first-order valence-corrected chi connectivity index (χ1v) is 6.43. The van der Waals surface area contributed by atoms with E-state index in [4.69, 9.17) is 5.73 Å². The van der Waals surface area contributed by atoms with Crippen LogP contribution in [0.5, 0.6) is 0 Å². The molecule has 0 unspecified atom stereocenters. The second-order valence-electron chi connectivity index (χ2n) is 5.15. The van der Waals surface area contributed by atoms with Crippen molar-refractivity contribution in [3.05, 3.63) is 30.0 Å². The molecule has 1 aromatic carbocycles. The number of hydrogen-bond acceptors (Lipinski definition) is 2. The molecule has 114 valence electrons. The van der Waals surface area contributed by atoms with Gasteiger partial charge in [-0.05, 0) is 32.0 Å². The standard InChI is InChI=1S/C14H16F3N3O/c1-8(2)20(7-14(15,16)17)13(21)11-6-19-12-5-9(18)3-4-10(11)12/h3-6,8,19H,7,18H2,1-2H3. The van der Waals surface area contributed by atoms with Gasteiger partial charge in [-0.3, -0.25) is 4.79 Å². The average Bonchev–Trinajstić information content (AvgIpc) is 2.76. The van der Waals surface area contributed by atoms with E-state index in [0.29, 0.717) is 16.6 Å². The van der Waals surface area contributed by atoms with E-state index in [2.05, 4.69) is 4.98 Å². The number of benzene rings is 1. The predicted octanol–water partition coefficient (Wildman–Crippen LogP) is 3.16. The molecule has 2 aromatic rings. The van der Waals surface area contributed by atoms with Gasteiger partial charge in [-0.2, -0.15) is 13.2 Å². The summed E-state index contributed by atoms with van der Waals surface area (Å²) in [6.07, 6.45) is -3.02. The number of hydrogen-bond donors (Lipinski definition) is 2. The van der Waals surface area contributed by atoms with Crippen LogP contribution in [0.15, 0.2) is 24.4 Å². The number of amides is 1. The highest BCUT2D eigenvalue weighted by Crippen LogP contribution is 2.25. The molecule has 3 N–H and O–H groups in total. The zero-order chi connectivity index (χ0) is 15.8. The monoisotopic (exact) mass is 299 g/mol. The van der Waals surface area contributed by atoms with Crippen LogP contribution in [0, 0.1) is 0 Å². The summed E-state index contributed by atoms with van der Waals surface area (Å²) < 4.78 is 37.8. The third-order valence-corrected chi connectivity index (χ3v) is 3.17. The average molecular weight is 299 g/mol. The van der Waals surface area contributed by atoms with Crippen LogP contribution in [0.2, 0.25) is 0 Å². The minimum Gasteiger partial charge on any atom is -0.399 e. The first-order chi connectivity index (χ1) is 9.69. The summed E-state index contributed by atoms with van der Waals surface area (Å²) in [6, 6.07) is 4.31. The highest BCUT2D eigenvalue weighted by atomic mass is 19.4. The van der Waals surface area contributed by atoms with Crippen LogP contribution >= 0.6 is 0 Å². The van der Waals surface area contributed by atoms with Crippen LogP contribution in [0.4, 0.5) is 18.9 Å². The zero-order valence-electron chi connectivity index (χ0n) is 11.7. The molecule has 0 bridgehead atoms. The topological polar surface area (TPSA) is 62.1 Å². The Morgan fingerprint density at radius 1 is 1.38 bits per heavy atom. The van der Waals surface area contributed by atoms with E-state index in [1.165, 1.54) is 6.20 Å². The number of nitrogens with one attached hydrogen (secondary N) is 1. The largest absolute Gasteiger partial charge is 0.406 e. The van der Waals surface area contributed by atoms with Crippen molar-refractivity contribution in [3.63, 3.8) is 0 Å². The molecule has 1 heterocycles. The third kappa shape index (κ3) is 3.29. The van der Waals surface area contributed by atoms with E-state index in [9.17, 15) is 18.0 Å². The van der Waals surface area contributed by atoms with Crippen molar-refractivity contribution in [2.24, 2.45) is 0 Å². The second-order valence-corrected chi connectivity index (χ2v) is 5.15. The fourth-order valence-corrected chi connectivity index (χ4v) is 2.16. The lowest BCUT2D eigenvalue weighted by atomic mass is 10.1. The summed E-state index contributed by atoms with van der Waals surface area (Å²) in [5, 5.41) is 0.557. The highest BCUT2D eigenvalue weighted by Gasteiger charge is 2.35. The number of carbonyl (C=O) groups is 1. The smallest absolute Gasteiger partial charge is 0.399 e. The van der Waals surface area contributed by atoms with Gasteiger partial charge in [0.15, 0.2) is 0 Å². The van der Waals surface area contributed by atoms with E-state index in [-0.39, 0.29) is 5.56 Å². The summed E-state index contributed by atoms with van der Waals surface area (Å²) in [4.78, 5) is 16.1. The van der Waals surface area contributed by atoms with Crippen LogP contribution in [-0.2, 0) is 0 Å². The number of nitrogen functional groups attached to an aromatic ring is 1. The molecule has 4 nitrogen and oxygen atoms in total. The number of H-pyrrole nitrogens is 1. The Morgan fingerprint density at radius 2 is 2.05 bits per heavy atom. The van der Waals surface area contributed by atoms with Crippen molar-refractivity contribution in [3.8, 4) is 0 Å². The van der Waals surface area contributed by atoms with Crippen molar-refractivity contribution in [2.45, 2.75) is 26.1 Å². The lowest BCUT2D eigenvalue weighted by molar-refractivity contribution is -0.143. The summed E-state index contributed by atoms with van der Waals surface area (Å²) in [7, 11) is 0. The molecule has 0 aliphatic carbocycles. The number of carbonyl (C=O) groups excluding carboxylic acids is 1. The Kier molecular flexibility index (Phi) is 3.85. The molecule has 0 atom stereocenters. The molecule has 1 aromatic heterocycles. The summed E-state index contributed by atoms with van der Waals surface area (Å²) >= 11 is 0. The van der Waals surface area contributed by atoms with Gasteiger partial charge in [0.2, 0.25) is 0 Å². The lowest BCUT2D eigenvalue weighted by Crippen LogP contribution is -2.43. The fourth-order valence-electron chi connectivity index (χ4n) is 2.16. The van der Waals surface area contributed by atoms with Crippen LogP contribution < -0.4 is 5.73 Å². The number of alkyl halides is 3. The molecule has 0 spiro atoms. The molecule has 21 heavy (non-hydrogen) atoms. The first-order valence-electron chi connectivity index (χ1n) is 6.43. The van der Waals surface area contributed by atoms with Gasteiger partial charge in [-0.15, -0.1) is 0 Å². The van der Waals surface area contributed by atoms with Gasteiger partial charge in [0.05, 0.1) is 5.56 Å². The molecule has 7 heteroatoms. The van der Waals surface area contributed by atoms with Gasteiger partial charge in [-0.25, -0.2) is 0 Å². The Balaban J connectivity index is 2.39. The van der Waals surface area contributed by atoms with Gasteiger partial charge in [-0.1, -0.05) is 0 Å². The van der Waals surface area contributed by atoms with Gasteiger partial charge >= 0.3 is 6.18 Å². The Hall–Kier alpha value is -2.18. The van der Waals surface area contributed by atoms with E-state index in [1.54, 1.807) is 32.0 Å². The van der Waals surface area contributed by atoms with Gasteiger partial charge < -0.3 is 15.6 Å². The zero-order valence-corrected chi connectivity index (χ0v) is 11.7. The molecule has 0 saturated carbocycles. The van der Waals surface area contributed by atoms with Crippen molar-refractivity contribution in [2.75, 3.05) is 12.3 Å². The van der Waals surface area contributed by atoms with E-state index in [0.717, 1.165) is 4.90 Å². The maximum atomic E-state index is 12.6. The van der Waals surface area contributed by atoms with E-state index in [1.807, 2.05) is 0 Å². The molecule has 0 fully saturated rings. The van der Waals surface area contributed by atoms with Crippen LogP contribution in [-0.4, -0.2) is 34.6 Å². The number of aromatic amines is 1. The maximum Gasteiger partial charge on any atom is 0.406 e. The van der Waals surface area contributed by atoms with Gasteiger partial charge in [0.25, 0.3) is 5.91 Å². The summed E-state index contributed by atoms with van der Waals surface area (Å²) in [5.74, 6) is -0.654. The lowest BCUT2D eigenvalue weighted by Gasteiger charge is -2.27. The summed E-state index contributed by atoms with van der Waals surface area (Å²) in [6.45, 7) is 1.83.